The summed E-state index contributed by atoms with van der Waals surface area (Å²) in [6.07, 6.45) is 5.82. The maximum absolute atomic E-state index is 13.7. The molecular weight excluding hydrogens is 488 g/mol. The van der Waals surface area contributed by atoms with Gasteiger partial charge < -0.3 is 26.2 Å². The van der Waals surface area contributed by atoms with E-state index >= 15 is 0 Å². The number of hydrogen-bond donors (Lipinski definition) is 5. The minimum Gasteiger partial charge on any atom is -0.510 e. The Morgan fingerprint density at radius 2 is 1.79 bits per heavy atom. The molecular formula is C29H32N2O7. The Labute approximate surface area is 220 Å². The van der Waals surface area contributed by atoms with Gasteiger partial charge in [0.05, 0.1) is 11.6 Å². The summed E-state index contributed by atoms with van der Waals surface area (Å²) < 4.78 is 0. The monoisotopic (exact) mass is 520 g/mol. The van der Waals surface area contributed by atoms with Crippen LogP contribution in [0.5, 0.6) is 5.75 Å². The molecule has 0 radical (unpaired) electrons. The third-order valence-corrected chi connectivity index (χ3v) is 8.62. The number of primary amides is 1. The highest BCUT2D eigenvalue weighted by Crippen LogP contribution is 2.52. The summed E-state index contributed by atoms with van der Waals surface area (Å²) in [5.74, 6) is 0.231. The van der Waals surface area contributed by atoms with Crippen LogP contribution < -0.4 is 5.73 Å². The average molecular weight is 521 g/mol. The molecule has 4 atom stereocenters. The highest BCUT2D eigenvalue weighted by molar-refractivity contribution is 6.24. The molecule has 9 heteroatoms. The predicted molar refractivity (Wildman–Crippen MR) is 137 cm³/mol. The van der Waals surface area contributed by atoms with Gasteiger partial charge in [-0.1, -0.05) is 31.1 Å². The number of phenolic OH excluding ortho intramolecular Hbond substituents is 1. The van der Waals surface area contributed by atoms with Crippen molar-refractivity contribution in [1.82, 2.24) is 4.90 Å². The molecule has 5 rings (SSSR count). The van der Waals surface area contributed by atoms with Gasteiger partial charge in [-0.3, -0.25) is 19.3 Å². The molecule has 1 aromatic rings. The number of aliphatic hydroxyl groups excluding tert-OH is 2. The molecule has 200 valence electrons. The van der Waals surface area contributed by atoms with Gasteiger partial charge in [0.1, 0.15) is 22.8 Å². The van der Waals surface area contributed by atoms with Crippen molar-refractivity contribution >= 4 is 17.5 Å². The fourth-order valence-electron chi connectivity index (χ4n) is 6.79. The van der Waals surface area contributed by atoms with Crippen molar-refractivity contribution < 1.29 is 34.8 Å². The number of benzene rings is 1. The number of ketones is 2. The second-order valence-corrected chi connectivity index (χ2v) is 11.1. The largest absolute Gasteiger partial charge is 0.510 e. The van der Waals surface area contributed by atoms with E-state index in [1.165, 1.54) is 17.4 Å². The second-order valence-electron chi connectivity index (χ2n) is 11.1. The van der Waals surface area contributed by atoms with Crippen molar-refractivity contribution in [2.75, 3.05) is 14.1 Å². The number of allylic oxidation sites excluding steroid dienone is 1. The Hall–Kier alpha value is -3.61. The molecule has 0 bridgehead atoms. The predicted octanol–water partition coefficient (Wildman–Crippen LogP) is 2.05. The summed E-state index contributed by atoms with van der Waals surface area (Å²) in [6.45, 7) is 0. The number of nitrogens with zero attached hydrogens (tertiary/aromatic N) is 1. The van der Waals surface area contributed by atoms with E-state index in [4.69, 9.17) is 5.73 Å². The van der Waals surface area contributed by atoms with E-state index in [1.807, 2.05) is 0 Å². The summed E-state index contributed by atoms with van der Waals surface area (Å²) >= 11 is 0. The number of hydrogen-bond acceptors (Lipinski definition) is 8. The van der Waals surface area contributed by atoms with Crippen LogP contribution in [-0.2, 0) is 16.0 Å². The standard InChI is InChI=1S/C29H32N2O7/c1-31(2)23-18-13-16-12-17-15(9-8-14-6-4-3-5-7-14)10-11-19(32)21(17)24(33)20(16)26(35)29(18,38)27(36)22(25(23)34)28(30)37/h10-11,14,16,18,23,32,34-35,38H,3-7,12-13H2,1-2H3,(H2,30,37)/t16-,18-,23-,29-/m1/s1. The minimum atomic E-state index is -2.64. The van der Waals surface area contributed by atoms with Crippen LogP contribution in [0.4, 0.5) is 0 Å². The zero-order valence-corrected chi connectivity index (χ0v) is 21.5. The van der Waals surface area contributed by atoms with Gasteiger partial charge in [0.15, 0.2) is 11.4 Å². The molecule has 6 N–H and O–H groups in total. The summed E-state index contributed by atoms with van der Waals surface area (Å²) in [7, 11) is 3.20. The number of aromatic hydroxyl groups is 1. The normalized spacial score (nSPS) is 29.4. The molecule has 0 aliphatic heterocycles. The number of Topliss-reactive ketones (excluding diaryl/α,β-unsaturated/α-hetero) is 2. The van der Waals surface area contributed by atoms with E-state index in [0.717, 1.165) is 25.7 Å². The Balaban J connectivity index is 1.64. The van der Waals surface area contributed by atoms with Gasteiger partial charge >= 0.3 is 0 Å². The van der Waals surface area contributed by atoms with Crippen molar-refractivity contribution in [2.45, 2.75) is 56.6 Å². The number of nitrogens with two attached hydrogens (primary N) is 1. The zero-order valence-electron chi connectivity index (χ0n) is 21.5. The third kappa shape index (κ3) is 3.74. The summed E-state index contributed by atoms with van der Waals surface area (Å²) in [6, 6.07) is 2.06. The van der Waals surface area contributed by atoms with E-state index in [0.29, 0.717) is 11.1 Å². The lowest BCUT2D eigenvalue weighted by molar-refractivity contribution is -0.148. The van der Waals surface area contributed by atoms with E-state index in [2.05, 4.69) is 11.8 Å². The van der Waals surface area contributed by atoms with Gasteiger partial charge in [-0.2, -0.15) is 0 Å². The fourth-order valence-corrected chi connectivity index (χ4v) is 6.79. The number of likely N-dealkylation sites (N-methyl/N-ethyl adjacent to an activating group) is 1. The lowest BCUT2D eigenvalue weighted by atomic mass is 9.58. The van der Waals surface area contributed by atoms with Gasteiger partial charge in [-0.15, -0.1) is 0 Å². The van der Waals surface area contributed by atoms with Crippen LogP contribution in [0.1, 0.15) is 60.0 Å². The number of phenols is 1. The van der Waals surface area contributed by atoms with Gasteiger partial charge in [0, 0.05) is 23.0 Å². The molecule has 0 aromatic heterocycles. The number of carbonyl (C=O) groups excluding carboxylic acids is 3. The lowest BCUT2D eigenvalue weighted by Crippen LogP contribution is -2.63. The first kappa shape index (κ1) is 26.0. The first-order valence-corrected chi connectivity index (χ1v) is 13.0. The number of fused-ring (bicyclic) bond motifs is 3. The van der Waals surface area contributed by atoms with Crippen LogP contribution in [-0.4, -0.2) is 68.5 Å². The molecule has 0 heterocycles. The summed E-state index contributed by atoms with van der Waals surface area (Å²) in [5, 5.41) is 44.5. The van der Waals surface area contributed by atoms with E-state index < -0.39 is 58.0 Å². The van der Waals surface area contributed by atoms with Gasteiger partial charge in [-0.25, -0.2) is 0 Å². The van der Waals surface area contributed by atoms with Crippen LogP contribution in [0.15, 0.2) is 34.8 Å². The Bertz CT molecular complexity index is 1370. The number of rotatable bonds is 2. The van der Waals surface area contributed by atoms with E-state index in [9.17, 15) is 34.8 Å². The van der Waals surface area contributed by atoms with Gasteiger partial charge in [0.2, 0.25) is 5.78 Å². The maximum atomic E-state index is 13.7. The van der Waals surface area contributed by atoms with Crippen LogP contribution in [0.3, 0.4) is 0 Å². The van der Waals surface area contributed by atoms with Crippen molar-refractivity contribution in [1.29, 1.82) is 0 Å². The fraction of sp³-hybridized carbons (Fsp3) is 0.483. The summed E-state index contributed by atoms with van der Waals surface area (Å²) in [4.78, 5) is 40.7. The Morgan fingerprint density at radius 1 is 1.11 bits per heavy atom. The molecule has 1 fully saturated rings. The average Bonchev–Trinajstić information content (AvgIpc) is 2.86. The zero-order chi connectivity index (χ0) is 27.5. The second kappa shape index (κ2) is 9.29. The first-order chi connectivity index (χ1) is 18.0. The molecule has 1 aromatic carbocycles. The van der Waals surface area contributed by atoms with E-state index in [1.54, 1.807) is 20.2 Å². The SMILES string of the molecule is CN(C)[C@H]1C(O)=C(C(N)=O)C(=O)[C@]2(O)C(O)=C3C(=O)c4c(O)ccc(C#CC5CCCCC5)c4C[C@@H]3C[C@H]12. The van der Waals surface area contributed by atoms with Crippen LogP contribution >= 0.6 is 0 Å². The highest BCUT2D eigenvalue weighted by Gasteiger charge is 2.63. The number of carbonyl (C=O) groups is 3. The highest BCUT2D eigenvalue weighted by atomic mass is 16.3. The molecule has 0 unspecified atom stereocenters. The first-order valence-electron chi connectivity index (χ1n) is 13.0. The van der Waals surface area contributed by atoms with Gasteiger partial charge in [-0.05, 0) is 63.4 Å². The number of amides is 1. The topological polar surface area (TPSA) is 161 Å². The molecule has 0 saturated heterocycles. The van der Waals surface area contributed by atoms with Gasteiger partial charge in [0.25, 0.3) is 5.91 Å². The van der Waals surface area contributed by atoms with Crippen molar-refractivity contribution in [3.8, 4) is 17.6 Å². The number of aliphatic hydroxyl groups is 3. The third-order valence-electron chi connectivity index (χ3n) is 8.62. The van der Waals surface area contributed by atoms with Crippen molar-refractivity contribution in [3.63, 3.8) is 0 Å². The van der Waals surface area contributed by atoms with Crippen LogP contribution in [0.25, 0.3) is 0 Å². The molecule has 0 spiro atoms. The molecule has 9 nitrogen and oxygen atoms in total. The smallest absolute Gasteiger partial charge is 0.255 e. The molecule has 1 saturated carbocycles. The Morgan fingerprint density at radius 3 is 2.42 bits per heavy atom. The molecule has 4 aliphatic carbocycles. The summed E-state index contributed by atoms with van der Waals surface area (Å²) in [5.41, 5.74) is 2.91. The van der Waals surface area contributed by atoms with Crippen molar-refractivity contribution in [2.24, 2.45) is 23.5 Å². The quantitative estimate of drug-likeness (QED) is 0.292. The van der Waals surface area contributed by atoms with Crippen molar-refractivity contribution in [3.05, 3.63) is 51.5 Å². The minimum absolute atomic E-state index is 0.0128. The van der Waals surface area contributed by atoms with Crippen LogP contribution in [0, 0.1) is 29.6 Å². The molecule has 1 amide bonds. The maximum Gasteiger partial charge on any atom is 0.255 e. The van der Waals surface area contributed by atoms with Crippen LogP contribution in [0.2, 0.25) is 0 Å². The Kier molecular flexibility index (Phi) is 6.36. The molecule has 38 heavy (non-hydrogen) atoms. The molecule has 4 aliphatic rings. The lowest BCUT2D eigenvalue weighted by Gasteiger charge is -2.50. The van der Waals surface area contributed by atoms with E-state index in [-0.39, 0.29) is 35.6 Å².